The van der Waals surface area contributed by atoms with Crippen LogP contribution in [0.4, 0.5) is 15.8 Å². The number of hydrogen-bond donors (Lipinski definition) is 2. The van der Waals surface area contributed by atoms with Crippen LogP contribution in [0.2, 0.25) is 0 Å². The Hall–Kier alpha value is -3.27. The summed E-state index contributed by atoms with van der Waals surface area (Å²) in [5.74, 6) is -1.17. The largest absolute Gasteiger partial charge is 0.490 e. The van der Waals surface area contributed by atoms with E-state index >= 15 is 0 Å². The summed E-state index contributed by atoms with van der Waals surface area (Å²) in [5, 5.41) is 11.2. The minimum Gasteiger partial charge on any atom is -0.490 e. The Morgan fingerprint density at radius 2 is 2.04 bits per heavy atom. The summed E-state index contributed by atoms with van der Waals surface area (Å²) in [6.45, 7) is 0.335. The molecule has 0 aliphatic carbocycles. The van der Waals surface area contributed by atoms with Crippen molar-refractivity contribution in [3.05, 3.63) is 47.4 Å². The summed E-state index contributed by atoms with van der Waals surface area (Å²) >= 11 is 0. The zero-order valence-electron chi connectivity index (χ0n) is 14.7. The topological polar surface area (TPSA) is 124 Å². The minimum absolute atomic E-state index is 0.0548. The molecule has 0 bridgehead atoms. The maximum atomic E-state index is 13.9. The molecule has 1 amide bonds. The standard InChI is InChI=1S/C18H15FN4O4S/c1-28(25,26)9-2-4-14-11(8-9)15(16(18(20)24)23-22-14)21-13-5-3-12(19)17-10(13)6-7-27-17/h2-5,8H,6-7H2,1H3,(H2,20,24)(H,21,22). The van der Waals surface area contributed by atoms with Crippen molar-refractivity contribution in [3.8, 4) is 5.75 Å². The molecule has 1 aliphatic rings. The van der Waals surface area contributed by atoms with Gasteiger partial charge in [-0.3, -0.25) is 4.79 Å². The molecule has 1 aliphatic heterocycles. The second-order valence-corrected chi connectivity index (χ2v) is 8.38. The van der Waals surface area contributed by atoms with Gasteiger partial charge in [-0.2, -0.15) is 0 Å². The van der Waals surface area contributed by atoms with Gasteiger partial charge in [-0.05, 0) is 30.3 Å². The number of hydrogen-bond acceptors (Lipinski definition) is 7. The molecule has 144 valence electrons. The molecule has 0 saturated carbocycles. The number of benzene rings is 2. The van der Waals surface area contributed by atoms with Crippen LogP contribution in [0.25, 0.3) is 10.9 Å². The van der Waals surface area contributed by atoms with Crippen LogP contribution in [0, 0.1) is 5.82 Å². The van der Waals surface area contributed by atoms with Gasteiger partial charge >= 0.3 is 0 Å². The van der Waals surface area contributed by atoms with Crippen LogP contribution in [-0.4, -0.2) is 37.4 Å². The molecule has 0 radical (unpaired) electrons. The normalized spacial score (nSPS) is 13.2. The van der Waals surface area contributed by atoms with Crippen LogP contribution in [-0.2, 0) is 16.3 Å². The Morgan fingerprint density at radius 3 is 2.75 bits per heavy atom. The van der Waals surface area contributed by atoms with E-state index < -0.39 is 21.6 Å². The third-order valence-electron chi connectivity index (χ3n) is 4.46. The van der Waals surface area contributed by atoms with E-state index in [2.05, 4.69) is 15.5 Å². The van der Waals surface area contributed by atoms with Gasteiger partial charge in [0.05, 0.1) is 22.7 Å². The van der Waals surface area contributed by atoms with Crippen LogP contribution in [0.5, 0.6) is 5.75 Å². The molecule has 10 heteroatoms. The number of rotatable bonds is 4. The highest BCUT2D eigenvalue weighted by Gasteiger charge is 2.23. The molecule has 0 atom stereocenters. The van der Waals surface area contributed by atoms with Crippen molar-refractivity contribution in [2.45, 2.75) is 11.3 Å². The first-order valence-electron chi connectivity index (χ1n) is 8.27. The van der Waals surface area contributed by atoms with E-state index in [9.17, 15) is 17.6 Å². The van der Waals surface area contributed by atoms with E-state index in [1.807, 2.05) is 0 Å². The highest BCUT2D eigenvalue weighted by molar-refractivity contribution is 7.90. The minimum atomic E-state index is -3.49. The summed E-state index contributed by atoms with van der Waals surface area (Å²) in [5.41, 5.74) is 6.97. The number of anilines is 2. The predicted octanol–water partition coefficient (Wildman–Crippen LogP) is 1.95. The molecule has 0 unspecified atom stereocenters. The van der Waals surface area contributed by atoms with Crippen molar-refractivity contribution < 1.29 is 22.3 Å². The highest BCUT2D eigenvalue weighted by atomic mass is 32.2. The lowest BCUT2D eigenvalue weighted by atomic mass is 10.1. The van der Waals surface area contributed by atoms with Crippen molar-refractivity contribution in [1.29, 1.82) is 0 Å². The molecule has 1 aromatic heterocycles. The summed E-state index contributed by atoms with van der Waals surface area (Å²) in [4.78, 5) is 12.0. The van der Waals surface area contributed by atoms with Crippen LogP contribution < -0.4 is 15.8 Å². The second-order valence-electron chi connectivity index (χ2n) is 6.37. The number of carbonyl (C=O) groups excluding carboxylic acids is 1. The number of primary amides is 1. The third kappa shape index (κ3) is 3.01. The van der Waals surface area contributed by atoms with Gasteiger partial charge in [0.25, 0.3) is 5.91 Å². The summed E-state index contributed by atoms with van der Waals surface area (Å²) in [6, 6.07) is 7.06. The van der Waals surface area contributed by atoms with Crippen LogP contribution in [0.3, 0.4) is 0 Å². The van der Waals surface area contributed by atoms with Gasteiger partial charge in [0, 0.05) is 29.3 Å². The molecule has 2 aromatic carbocycles. The number of nitrogens with two attached hydrogens (primary N) is 1. The number of amides is 1. The first-order valence-corrected chi connectivity index (χ1v) is 10.2. The Morgan fingerprint density at radius 1 is 1.25 bits per heavy atom. The lowest BCUT2D eigenvalue weighted by Gasteiger charge is -2.15. The fourth-order valence-corrected chi connectivity index (χ4v) is 3.77. The molecule has 3 aromatic rings. The molecule has 0 spiro atoms. The van der Waals surface area contributed by atoms with Gasteiger partial charge in [0.2, 0.25) is 0 Å². The maximum absolute atomic E-state index is 13.9. The highest BCUT2D eigenvalue weighted by Crippen LogP contribution is 2.37. The smallest absolute Gasteiger partial charge is 0.271 e. The van der Waals surface area contributed by atoms with E-state index in [1.165, 1.54) is 30.3 Å². The van der Waals surface area contributed by atoms with Gasteiger partial charge in [-0.15, -0.1) is 10.2 Å². The molecule has 2 heterocycles. The van der Waals surface area contributed by atoms with E-state index in [0.717, 1.165) is 6.26 Å². The van der Waals surface area contributed by atoms with E-state index in [1.54, 1.807) is 0 Å². The number of nitrogens with zero attached hydrogens (tertiary/aromatic N) is 2. The van der Waals surface area contributed by atoms with E-state index in [4.69, 9.17) is 10.5 Å². The Balaban J connectivity index is 1.95. The zero-order chi connectivity index (χ0) is 20.1. The first kappa shape index (κ1) is 18.1. The van der Waals surface area contributed by atoms with Crippen molar-refractivity contribution in [1.82, 2.24) is 10.2 Å². The number of carbonyl (C=O) groups is 1. The van der Waals surface area contributed by atoms with Crippen molar-refractivity contribution in [2.75, 3.05) is 18.2 Å². The van der Waals surface area contributed by atoms with Crippen LogP contribution in [0.15, 0.2) is 35.2 Å². The molecular formula is C18H15FN4O4S. The zero-order valence-corrected chi connectivity index (χ0v) is 15.5. The maximum Gasteiger partial charge on any atom is 0.271 e. The lowest BCUT2D eigenvalue weighted by molar-refractivity contribution is 0.0995. The number of halogens is 1. The second kappa shape index (κ2) is 6.41. The fraction of sp³-hybridized carbons (Fsp3) is 0.167. The van der Waals surface area contributed by atoms with Gasteiger partial charge in [0.15, 0.2) is 27.1 Å². The monoisotopic (exact) mass is 402 g/mol. The summed E-state index contributed by atoms with van der Waals surface area (Å²) in [6.07, 6.45) is 1.56. The number of sulfone groups is 1. The Kier molecular flexibility index (Phi) is 4.15. The predicted molar refractivity (Wildman–Crippen MR) is 100 cm³/mol. The Bertz CT molecular complexity index is 1240. The van der Waals surface area contributed by atoms with Gasteiger partial charge in [0.1, 0.15) is 0 Å². The molecule has 4 rings (SSSR count). The van der Waals surface area contributed by atoms with Crippen molar-refractivity contribution in [3.63, 3.8) is 0 Å². The van der Waals surface area contributed by atoms with Crippen LogP contribution in [0.1, 0.15) is 16.1 Å². The van der Waals surface area contributed by atoms with Crippen molar-refractivity contribution in [2.24, 2.45) is 5.73 Å². The fourth-order valence-electron chi connectivity index (χ4n) is 3.12. The van der Waals surface area contributed by atoms with E-state index in [0.29, 0.717) is 35.2 Å². The Labute approximate surface area is 159 Å². The molecule has 28 heavy (non-hydrogen) atoms. The summed E-state index contributed by atoms with van der Waals surface area (Å²) < 4.78 is 43.2. The lowest BCUT2D eigenvalue weighted by Crippen LogP contribution is -2.17. The number of aromatic nitrogens is 2. The van der Waals surface area contributed by atoms with Gasteiger partial charge in [-0.1, -0.05) is 0 Å². The third-order valence-corrected chi connectivity index (χ3v) is 5.57. The number of nitrogens with one attached hydrogen (secondary N) is 1. The average molecular weight is 402 g/mol. The number of fused-ring (bicyclic) bond motifs is 2. The average Bonchev–Trinajstić information content (AvgIpc) is 3.13. The van der Waals surface area contributed by atoms with Gasteiger partial charge < -0.3 is 15.8 Å². The SMILES string of the molecule is CS(=O)(=O)c1ccc2nnc(C(N)=O)c(Nc3ccc(F)c4c3CCO4)c2c1. The quantitative estimate of drug-likeness (QED) is 0.683. The molecule has 8 nitrogen and oxygen atoms in total. The molecule has 3 N–H and O–H groups in total. The van der Waals surface area contributed by atoms with Crippen molar-refractivity contribution >= 4 is 38.0 Å². The number of ether oxygens (including phenoxy) is 1. The van der Waals surface area contributed by atoms with E-state index in [-0.39, 0.29) is 22.0 Å². The molecule has 0 fully saturated rings. The first-order chi connectivity index (χ1) is 13.3. The van der Waals surface area contributed by atoms with Crippen LogP contribution >= 0.6 is 0 Å². The molecular weight excluding hydrogens is 387 g/mol. The van der Waals surface area contributed by atoms with Gasteiger partial charge in [-0.25, -0.2) is 12.8 Å². The molecule has 0 saturated heterocycles. The summed E-state index contributed by atoms with van der Waals surface area (Å²) in [7, 11) is -3.49.